The second-order valence-electron chi connectivity index (χ2n) is 9.15. The normalized spacial score (nSPS) is 40.9. The molecule has 5 fully saturated rings. The molecule has 4 nitrogen and oxygen atoms in total. The zero-order valence-electron chi connectivity index (χ0n) is 15.6. The van der Waals surface area contributed by atoms with E-state index in [0.717, 1.165) is 51.7 Å². The zero-order valence-corrected chi connectivity index (χ0v) is 15.6. The van der Waals surface area contributed by atoms with Gasteiger partial charge in [0.1, 0.15) is 5.60 Å². The summed E-state index contributed by atoms with van der Waals surface area (Å²) >= 11 is 0. The van der Waals surface area contributed by atoms with Crippen molar-refractivity contribution in [3.8, 4) is 0 Å². The molecule has 5 rings (SSSR count). The third-order valence-corrected chi connectivity index (χ3v) is 6.59. The molecule has 0 aromatic rings. The van der Waals surface area contributed by atoms with Crippen molar-refractivity contribution >= 4 is 5.97 Å². The van der Waals surface area contributed by atoms with E-state index in [0.29, 0.717) is 23.5 Å². The molecule has 4 saturated carbocycles. The van der Waals surface area contributed by atoms with Crippen LogP contribution in [0.15, 0.2) is 12.2 Å². The van der Waals surface area contributed by atoms with Gasteiger partial charge in [-0.15, -0.1) is 0 Å². The van der Waals surface area contributed by atoms with Gasteiger partial charge in [-0.1, -0.05) is 19.4 Å². The lowest BCUT2D eigenvalue weighted by Gasteiger charge is -2.60. The molecule has 1 aliphatic heterocycles. The molecule has 3 unspecified atom stereocenters. The highest BCUT2D eigenvalue weighted by Gasteiger charge is 2.60. The second-order valence-corrected chi connectivity index (χ2v) is 9.15. The minimum atomic E-state index is -0.288. The second kappa shape index (κ2) is 6.70. The van der Waals surface area contributed by atoms with Crippen LogP contribution in [0, 0.1) is 11.8 Å². The van der Waals surface area contributed by atoms with E-state index in [4.69, 9.17) is 14.2 Å². The first kappa shape index (κ1) is 17.5. The Kier molecular flexibility index (Phi) is 4.70. The molecule has 0 amide bonds. The largest absolute Gasteiger partial charge is 0.456 e. The first-order chi connectivity index (χ1) is 12.0. The number of carbonyl (C=O) groups is 1. The van der Waals surface area contributed by atoms with E-state index < -0.39 is 0 Å². The molecule has 4 bridgehead atoms. The summed E-state index contributed by atoms with van der Waals surface area (Å²) in [6.45, 7) is 7.30. The Morgan fingerprint density at radius 3 is 2.44 bits per heavy atom. The molecule has 0 aromatic carbocycles. The fourth-order valence-corrected chi connectivity index (χ4v) is 5.84. The van der Waals surface area contributed by atoms with E-state index in [9.17, 15) is 4.79 Å². The Morgan fingerprint density at radius 1 is 1.12 bits per heavy atom. The Labute approximate surface area is 151 Å². The molecule has 3 atom stereocenters. The maximum atomic E-state index is 12.2. The van der Waals surface area contributed by atoms with E-state index >= 15 is 0 Å². The molecular weight excluding hydrogens is 316 g/mol. The summed E-state index contributed by atoms with van der Waals surface area (Å²) in [6, 6.07) is 0. The molecule has 140 valence electrons. The van der Waals surface area contributed by atoms with Gasteiger partial charge in [0.15, 0.2) is 0 Å². The van der Waals surface area contributed by atoms with Crippen LogP contribution in [0.4, 0.5) is 0 Å². The molecule has 5 aliphatic rings. The number of hydrogen-bond donors (Lipinski definition) is 0. The van der Waals surface area contributed by atoms with Crippen molar-refractivity contribution in [2.45, 2.75) is 88.4 Å². The summed E-state index contributed by atoms with van der Waals surface area (Å²) in [7, 11) is 0. The molecule has 1 saturated heterocycles. The van der Waals surface area contributed by atoms with E-state index in [-0.39, 0.29) is 17.2 Å². The quantitative estimate of drug-likeness (QED) is 0.271. The molecule has 0 N–H and O–H groups in total. The Morgan fingerprint density at radius 2 is 1.80 bits per heavy atom. The van der Waals surface area contributed by atoms with Gasteiger partial charge in [-0.3, -0.25) is 0 Å². The van der Waals surface area contributed by atoms with Crippen LogP contribution in [0.3, 0.4) is 0 Å². The van der Waals surface area contributed by atoms with Crippen molar-refractivity contribution in [1.82, 2.24) is 0 Å². The van der Waals surface area contributed by atoms with Crippen molar-refractivity contribution < 1.29 is 19.0 Å². The summed E-state index contributed by atoms with van der Waals surface area (Å²) in [5, 5.41) is 0. The van der Waals surface area contributed by atoms with Crippen LogP contribution in [-0.4, -0.2) is 36.5 Å². The van der Waals surface area contributed by atoms with Gasteiger partial charge in [0, 0.05) is 18.6 Å². The van der Waals surface area contributed by atoms with Crippen molar-refractivity contribution in [3.05, 3.63) is 12.2 Å². The first-order valence-corrected chi connectivity index (χ1v) is 10.1. The average molecular weight is 348 g/mol. The number of unbranched alkanes of at least 4 members (excludes halogenated alkanes) is 2. The maximum absolute atomic E-state index is 12.2. The Balaban J connectivity index is 1.31. The van der Waals surface area contributed by atoms with Crippen LogP contribution >= 0.6 is 0 Å². The smallest absolute Gasteiger partial charge is 0.333 e. The lowest BCUT2D eigenvalue weighted by Crippen LogP contribution is -2.61. The van der Waals surface area contributed by atoms with E-state index in [1.54, 1.807) is 6.92 Å². The summed E-state index contributed by atoms with van der Waals surface area (Å²) in [5.74, 6) is 1.09. The minimum Gasteiger partial charge on any atom is -0.456 e. The van der Waals surface area contributed by atoms with Crippen molar-refractivity contribution in [2.75, 3.05) is 13.2 Å². The van der Waals surface area contributed by atoms with Gasteiger partial charge in [0.05, 0.1) is 18.3 Å². The SMILES string of the molecule is C=C(C)C(=O)OC12CC3CC(CC(OCCCCCC4CO4)(C3)C1)C2. The topological polar surface area (TPSA) is 48.1 Å². The predicted molar refractivity (Wildman–Crippen MR) is 95.2 cm³/mol. The molecular formula is C21H32O4. The summed E-state index contributed by atoms with van der Waals surface area (Å²) in [5.41, 5.74) is 0.174. The van der Waals surface area contributed by atoms with Gasteiger partial charge in [-0.05, 0) is 63.7 Å². The van der Waals surface area contributed by atoms with Crippen LogP contribution in [0.25, 0.3) is 0 Å². The van der Waals surface area contributed by atoms with Gasteiger partial charge < -0.3 is 14.2 Å². The van der Waals surface area contributed by atoms with Crippen LogP contribution in [0.1, 0.15) is 71.1 Å². The van der Waals surface area contributed by atoms with E-state index in [1.807, 2.05) is 0 Å². The van der Waals surface area contributed by atoms with Gasteiger partial charge >= 0.3 is 5.97 Å². The van der Waals surface area contributed by atoms with Crippen LogP contribution in [-0.2, 0) is 19.0 Å². The number of hydrogen-bond acceptors (Lipinski definition) is 4. The Hall–Kier alpha value is -0.870. The molecule has 0 radical (unpaired) electrons. The predicted octanol–water partition coefficient (Wildman–Crippen LogP) is 4.17. The van der Waals surface area contributed by atoms with Gasteiger partial charge in [-0.25, -0.2) is 4.79 Å². The van der Waals surface area contributed by atoms with Gasteiger partial charge in [-0.2, -0.15) is 0 Å². The lowest BCUT2D eigenvalue weighted by atomic mass is 9.52. The molecule has 4 aliphatic carbocycles. The molecule has 0 aromatic heterocycles. The summed E-state index contributed by atoms with van der Waals surface area (Å²) < 4.78 is 17.7. The highest BCUT2D eigenvalue weighted by molar-refractivity contribution is 5.87. The minimum absolute atomic E-state index is 0.0426. The Bertz CT molecular complexity index is 522. The van der Waals surface area contributed by atoms with Crippen molar-refractivity contribution in [2.24, 2.45) is 11.8 Å². The fourth-order valence-electron chi connectivity index (χ4n) is 5.84. The highest BCUT2D eigenvalue weighted by atomic mass is 16.6. The van der Waals surface area contributed by atoms with E-state index in [2.05, 4.69) is 6.58 Å². The van der Waals surface area contributed by atoms with E-state index in [1.165, 1.54) is 25.7 Å². The van der Waals surface area contributed by atoms with Crippen molar-refractivity contribution in [3.63, 3.8) is 0 Å². The molecule has 0 spiro atoms. The molecule has 25 heavy (non-hydrogen) atoms. The fraction of sp³-hybridized carbons (Fsp3) is 0.857. The molecule has 4 heteroatoms. The standard InChI is InChI=1S/C21H32O4/c1-15(2)19(22)25-21-11-16-8-17(12-21)10-20(9-16,14-21)24-7-5-3-4-6-18-13-23-18/h16-18H,1,3-14H2,2H3. The zero-order chi connectivity index (χ0) is 17.5. The third kappa shape index (κ3) is 3.95. The lowest BCUT2D eigenvalue weighted by molar-refractivity contribution is -0.232. The summed E-state index contributed by atoms with van der Waals surface area (Å²) in [4.78, 5) is 12.2. The maximum Gasteiger partial charge on any atom is 0.333 e. The van der Waals surface area contributed by atoms with Crippen LogP contribution < -0.4 is 0 Å². The van der Waals surface area contributed by atoms with Crippen LogP contribution in [0.2, 0.25) is 0 Å². The van der Waals surface area contributed by atoms with Crippen LogP contribution in [0.5, 0.6) is 0 Å². The van der Waals surface area contributed by atoms with Gasteiger partial charge in [0.2, 0.25) is 0 Å². The highest BCUT2D eigenvalue weighted by Crippen LogP contribution is 2.60. The van der Waals surface area contributed by atoms with Gasteiger partial charge in [0.25, 0.3) is 0 Å². The molecule has 1 heterocycles. The summed E-state index contributed by atoms with van der Waals surface area (Å²) in [6.07, 6.45) is 11.9. The van der Waals surface area contributed by atoms with Crippen molar-refractivity contribution in [1.29, 1.82) is 0 Å². The number of epoxide rings is 1. The third-order valence-electron chi connectivity index (χ3n) is 6.59. The number of rotatable bonds is 9. The number of esters is 1. The monoisotopic (exact) mass is 348 g/mol. The average Bonchev–Trinajstić information content (AvgIpc) is 3.33. The number of ether oxygens (including phenoxy) is 3. The first-order valence-electron chi connectivity index (χ1n) is 10.1. The number of carbonyl (C=O) groups excluding carboxylic acids is 1.